The van der Waals surface area contributed by atoms with Crippen LogP contribution in [0.1, 0.15) is 33.1 Å². The molecule has 1 aliphatic heterocycles. The van der Waals surface area contributed by atoms with Crippen LogP contribution in [0, 0.1) is 5.92 Å². The lowest BCUT2D eigenvalue weighted by molar-refractivity contribution is -0.144. The van der Waals surface area contributed by atoms with Crippen molar-refractivity contribution < 1.29 is 19.0 Å². The highest BCUT2D eigenvalue weighted by molar-refractivity contribution is 14.0. The number of carbonyl (C=O) groups is 1. The molecule has 0 amide bonds. The van der Waals surface area contributed by atoms with E-state index in [0.717, 1.165) is 39.0 Å². The first-order valence-electron chi connectivity index (χ1n) is 8.46. The Morgan fingerprint density at radius 3 is 2.83 bits per heavy atom. The molecule has 1 saturated heterocycles. The summed E-state index contributed by atoms with van der Waals surface area (Å²) >= 11 is 0. The zero-order chi connectivity index (χ0) is 16.9. The van der Waals surface area contributed by atoms with Crippen molar-refractivity contribution in [2.45, 2.75) is 39.2 Å². The Labute approximate surface area is 162 Å². The largest absolute Gasteiger partial charge is 0.469 e. The van der Waals surface area contributed by atoms with Gasteiger partial charge in [-0.25, -0.2) is 0 Å². The van der Waals surface area contributed by atoms with Gasteiger partial charge in [0.15, 0.2) is 5.96 Å². The van der Waals surface area contributed by atoms with Gasteiger partial charge in [0.05, 0.1) is 32.3 Å². The smallest absolute Gasteiger partial charge is 0.310 e. The molecule has 0 saturated carbocycles. The monoisotopic (exact) mass is 457 g/mol. The number of halogens is 1. The summed E-state index contributed by atoms with van der Waals surface area (Å²) < 4.78 is 15.8. The van der Waals surface area contributed by atoms with Crippen LogP contribution in [0.5, 0.6) is 0 Å². The van der Waals surface area contributed by atoms with Crippen LogP contribution in [0.4, 0.5) is 0 Å². The maximum absolute atomic E-state index is 11.4. The molecule has 2 atom stereocenters. The number of carbonyl (C=O) groups excluding carboxylic acids is 1. The summed E-state index contributed by atoms with van der Waals surface area (Å²) in [6, 6.07) is 0. The Morgan fingerprint density at radius 2 is 2.21 bits per heavy atom. The Bertz CT molecular complexity index is 363. The molecular weight excluding hydrogens is 425 g/mol. The molecule has 1 rings (SSSR count). The fraction of sp³-hybridized carbons (Fsp3) is 0.875. The standard InChI is InChI=1S/C16H31N3O4.HI/c1-4-17-16(19-11-13(2)15(20)21-3)18-8-6-9-22-12-14-7-5-10-23-14;/h13-14H,4-12H2,1-3H3,(H2,17,18,19);1H. The number of nitrogens with one attached hydrogen (secondary N) is 2. The molecule has 1 aliphatic rings. The third-order valence-corrected chi connectivity index (χ3v) is 3.56. The lowest BCUT2D eigenvalue weighted by Crippen LogP contribution is -2.38. The van der Waals surface area contributed by atoms with Gasteiger partial charge in [0.25, 0.3) is 0 Å². The second kappa shape index (κ2) is 14.7. The summed E-state index contributed by atoms with van der Waals surface area (Å²) in [5.74, 6) is 0.222. The van der Waals surface area contributed by atoms with E-state index < -0.39 is 0 Å². The molecule has 2 unspecified atom stereocenters. The van der Waals surface area contributed by atoms with Crippen molar-refractivity contribution in [1.29, 1.82) is 0 Å². The van der Waals surface area contributed by atoms with Crippen LogP contribution in [-0.2, 0) is 19.0 Å². The van der Waals surface area contributed by atoms with Crippen LogP contribution in [0.2, 0.25) is 0 Å². The third-order valence-electron chi connectivity index (χ3n) is 3.56. The van der Waals surface area contributed by atoms with Gasteiger partial charge >= 0.3 is 5.97 Å². The van der Waals surface area contributed by atoms with E-state index in [0.29, 0.717) is 25.7 Å². The van der Waals surface area contributed by atoms with E-state index in [1.54, 1.807) is 6.92 Å². The molecule has 0 radical (unpaired) electrons. The molecular formula is C16H32IN3O4. The van der Waals surface area contributed by atoms with Gasteiger partial charge in [-0.1, -0.05) is 6.92 Å². The lowest BCUT2D eigenvalue weighted by atomic mass is 10.2. The highest BCUT2D eigenvalue weighted by Gasteiger charge is 2.15. The Hall–Kier alpha value is -0.610. The van der Waals surface area contributed by atoms with E-state index in [1.807, 2.05) is 6.92 Å². The van der Waals surface area contributed by atoms with Crippen LogP contribution >= 0.6 is 24.0 Å². The number of aliphatic imine (C=N–C) groups is 1. The first kappa shape index (κ1) is 23.4. The lowest BCUT2D eigenvalue weighted by Gasteiger charge is -2.13. The summed E-state index contributed by atoms with van der Waals surface area (Å²) in [5.41, 5.74) is 0. The maximum Gasteiger partial charge on any atom is 0.310 e. The van der Waals surface area contributed by atoms with Crippen molar-refractivity contribution in [1.82, 2.24) is 10.6 Å². The van der Waals surface area contributed by atoms with Gasteiger partial charge in [-0.2, -0.15) is 0 Å². The summed E-state index contributed by atoms with van der Waals surface area (Å²) in [5, 5.41) is 6.39. The van der Waals surface area contributed by atoms with E-state index in [4.69, 9.17) is 14.2 Å². The van der Waals surface area contributed by atoms with E-state index in [-0.39, 0.29) is 42.0 Å². The van der Waals surface area contributed by atoms with Crippen LogP contribution in [0.3, 0.4) is 0 Å². The number of hydrogen-bond acceptors (Lipinski definition) is 5. The first-order valence-corrected chi connectivity index (χ1v) is 8.46. The number of ether oxygens (including phenoxy) is 3. The summed E-state index contributed by atoms with van der Waals surface area (Å²) in [7, 11) is 1.39. The van der Waals surface area contributed by atoms with Crippen molar-refractivity contribution in [3.8, 4) is 0 Å². The van der Waals surface area contributed by atoms with Gasteiger partial charge in [-0.3, -0.25) is 9.79 Å². The van der Waals surface area contributed by atoms with Crippen molar-refractivity contribution in [2.75, 3.05) is 46.6 Å². The van der Waals surface area contributed by atoms with Crippen LogP contribution in [0.15, 0.2) is 4.99 Å². The van der Waals surface area contributed by atoms with E-state index in [2.05, 4.69) is 15.6 Å². The summed E-state index contributed by atoms with van der Waals surface area (Å²) in [6.07, 6.45) is 3.42. The number of methoxy groups -OCH3 is 1. The molecule has 0 aliphatic carbocycles. The van der Waals surface area contributed by atoms with Gasteiger partial charge in [0, 0.05) is 26.3 Å². The van der Waals surface area contributed by atoms with Crippen LogP contribution < -0.4 is 10.6 Å². The van der Waals surface area contributed by atoms with Gasteiger partial charge in [0.2, 0.25) is 0 Å². The van der Waals surface area contributed by atoms with E-state index in [1.165, 1.54) is 7.11 Å². The molecule has 1 heterocycles. The normalized spacial score (nSPS) is 18.6. The topological polar surface area (TPSA) is 81.2 Å². The molecule has 8 heteroatoms. The highest BCUT2D eigenvalue weighted by Crippen LogP contribution is 2.11. The van der Waals surface area contributed by atoms with Crippen LogP contribution in [-0.4, -0.2) is 64.6 Å². The molecule has 0 spiro atoms. The molecule has 24 heavy (non-hydrogen) atoms. The van der Waals surface area contributed by atoms with Crippen molar-refractivity contribution in [2.24, 2.45) is 10.9 Å². The molecule has 0 aromatic heterocycles. The fourth-order valence-corrected chi connectivity index (χ4v) is 2.22. The Balaban J connectivity index is 0.00000529. The first-order chi connectivity index (χ1) is 11.2. The second-order valence-electron chi connectivity index (χ2n) is 5.63. The SMILES string of the molecule is CCNC(=NCC(C)C(=O)OC)NCCCOCC1CCCO1.I. The minimum Gasteiger partial charge on any atom is -0.469 e. The Kier molecular flexibility index (Phi) is 14.3. The molecule has 1 fully saturated rings. The minimum absolute atomic E-state index is 0. The van der Waals surface area contributed by atoms with Gasteiger partial charge < -0.3 is 24.8 Å². The quantitative estimate of drug-likeness (QED) is 0.170. The highest BCUT2D eigenvalue weighted by atomic mass is 127. The van der Waals surface area contributed by atoms with Gasteiger partial charge in [-0.05, 0) is 26.2 Å². The van der Waals surface area contributed by atoms with Crippen LogP contribution in [0.25, 0.3) is 0 Å². The van der Waals surface area contributed by atoms with Crippen molar-refractivity contribution in [3.63, 3.8) is 0 Å². The van der Waals surface area contributed by atoms with E-state index in [9.17, 15) is 4.79 Å². The summed E-state index contributed by atoms with van der Waals surface area (Å²) in [4.78, 5) is 15.8. The average molecular weight is 457 g/mol. The fourth-order valence-electron chi connectivity index (χ4n) is 2.22. The predicted octanol–water partition coefficient (Wildman–Crippen LogP) is 1.55. The zero-order valence-corrected chi connectivity index (χ0v) is 17.3. The molecule has 0 bridgehead atoms. The number of guanidine groups is 1. The number of nitrogens with zero attached hydrogens (tertiary/aromatic N) is 1. The predicted molar refractivity (Wildman–Crippen MR) is 105 cm³/mol. The number of hydrogen-bond donors (Lipinski definition) is 2. The third kappa shape index (κ3) is 10.3. The molecule has 0 aromatic carbocycles. The average Bonchev–Trinajstić information content (AvgIpc) is 3.07. The second-order valence-corrected chi connectivity index (χ2v) is 5.63. The van der Waals surface area contributed by atoms with Gasteiger partial charge in [-0.15, -0.1) is 24.0 Å². The van der Waals surface area contributed by atoms with Crippen molar-refractivity contribution in [3.05, 3.63) is 0 Å². The Morgan fingerprint density at radius 1 is 1.42 bits per heavy atom. The minimum atomic E-state index is -0.245. The maximum atomic E-state index is 11.4. The molecule has 7 nitrogen and oxygen atoms in total. The molecule has 0 aromatic rings. The van der Waals surface area contributed by atoms with Gasteiger partial charge in [0.1, 0.15) is 0 Å². The summed E-state index contributed by atoms with van der Waals surface area (Å²) in [6.45, 7) is 8.00. The number of esters is 1. The number of rotatable bonds is 10. The van der Waals surface area contributed by atoms with Crippen molar-refractivity contribution >= 4 is 35.9 Å². The zero-order valence-electron chi connectivity index (χ0n) is 15.0. The van der Waals surface area contributed by atoms with E-state index >= 15 is 0 Å². The molecule has 2 N–H and O–H groups in total. The molecule has 142 valence electrons.